The highest BCUT2D eigenvalue weighted by Crippen LogP contribution is 2.23. The summed E-state index contributed by atoms with van der Waals surface area (Å²) >= 11 is 11.9. The van der Waals surface area contributed by atoms with E-state index in [0.717, 1.165) is 18.7 Å². The molecule has 0 saturated carbocycles. The molecule has 0 saturated heterocycles. The number of pyridine rings is 1. The van der Waals surface area contributed by atoms with Gasteiger partial charge in [-0.3, -0.25) is 9.88 Å². The van der Waals surface area contributed by atoms with E-state index in [1.54, 1.807) is 0 Å². The number of nitrogens with zero attached hydrogens (tertiary/aromatic N) is 2. The molecule has 0 aliphatic heterocycles. The summed E-state index contributed by atoms with van der Waals surface area (Å²) in [5.74, 6) is 0. The highest BCUT2D eigenvalue weighted by molar-refractivity contribution is 6.42. The minimum atomic E-state index is 0.595. The fraction of sp³-hybridized carbons (Fsp3) is 0.214. The molecule has 94 valence electrons. The van der Waals surface area contributed by atoms with Gasteiger partial charge in [0.25, 0.3) is 0 Å². The topological polar surface area (TPSA) is 16.1 Å². The zero-order valence-corrected chi connectivity index (χ0v) is 11.6. The molecule has 0 spiro atoms. The van der Waals surface area contributed by atoms with Crippen LogP contribution in [0.25, 0.3) is 0 Å². The van der Waals surface area contributed by atoms with Crippen LogP contribution in [0, 0.1) is 0 Å². The highest BCUT2D eigenvalue weighted by Gasteiger charge is 2.04. The van der Waals surface area contributed by atoms with Crippen LogP contribution in [0.4, 0.5) is 0 Å². The molecule has 0 bridgehead atoms. The molecule has 0 aliphatic carbocycles. The van der Waals surface area contributed by atoms with Gasteiger partial charge in [0.05, 0.1) is 10.0 Å². The predicted molar refractivity (Wildman–Crippen MR) is 75.9 cm³/mol. The van der Waals surface area contributed by atoms with Crippen LogP contribution in [-0.2, 0) is 13.1 Å². The van der Waals surface area contributed by atoms with Crippen molar-refractivity contribution in [1.29, 1.82) is 0 Å². The average molecular weight is 281 g/mol. The maximum Gasteiger partial charge on any atom is 0.0595 e. The van der Waals surface area contributed by atoms with Gasteiger partial charge in [0, 0.05) is 25.5 Å². The van der Waals surface area contributed by atoms with Crippen LogP contribution in [0.2, 0.25) is 10.0 Å². The molecule has 0 amide bonds. The monoisotopic (exact) mass is 280 g/mol. The van der Waals surface area contributed by atoms with Crippen LogP contribution in [0.5, 0.6) is 0 Å². The third kappa shape index (κ3) is 3.70. The standard InChI is InChI=1S/C14H14Cl2N2/c1-18(9-11-4-6-17-7-5-11)10-12-2-3-13(15)14(16)8-12/h2-8H,9-10H2,1H3. The Morgan fingerprint density at radius 2 is 1.61 bits per heavy atom. The third-order valence-corrected chi connectivity index (χ3v) is 3.38. The molecule has 0 unspecified atom stereocenters. The van der Waals surface area contributed by atoms with Crippen LogP contribution in [0.1, 0.15) is 11.1 Å². The average Bonchev–Trinajstić information content (AvgIpc) is 2.35. The van der Waals surface area contributed by atoms with Gasteiger partial charge in [0.1, 0.15) is 0 Å². The SMILES string of the molecule is CN(Cc1ccncc1)Cc1ccc(Cl)c(Cl)c1. The number of benzene rings is 1. The Morgan fingerprint density at radius 3 is 2.28 bits per heavy atom. The maximum atomic E-state index is 6.00. The van der Waals surface area contributed by atoms with Crippen molar-refractivity contribution >= 4 is 23.2 Å². The molecule has 2 rings (SSSR count). The smallest absolute Gasteiger partial charge is 0.0595 e. The molecule has 0 radical (unpaired) electrons. The minimum Gasteiger partial charge on any atom is -0.298 e. The van der Waals surface area contributed by atoms with Crippen LogP contribution < -0.4 is 0 Å². The fourth-order valence-electron chi connectivity index (χ4n) is 1.81. The van der Waals surface area contributed by atoms with Crippen LogP contribution >= 0.6 is 23.2 Å². The number of aromatic nitrogens is 1. The van der Waals surface area contributed by atoms with Gasteiger partial charge in [-0.25, -0.2) is 0 Å². The largest absolute Gasteiger partial charge is 0.298 e. The van der Waals surface area contributed by atoms with Crippen molar-refractivity contribution in [3.8, 4) is 0 Å². The van der Waals surface area contributed by atoms with Gasteiger partial charge >= 0.3 is 0 Å². The van der Waals surface area contributed by atoms with Gasteiger partial charge in [-0.2, -0.15) is 0 Å². The first-order valence-electron chi connectivity index (χ1n) is 5.66. The predicted octanol–water partition coefficient (Wildman–Crippen LogP) is 4.02. The first kappa shape index (κ1) is 13.3. The number of hydrogen-bond acceptors (Lipinski definition) is 2. The van der Waals surface area contributed by atoms with Crippen molar-refractivity contribution in [2.45, 2.75) is 13.1 Å². The lowest BCUT2D eigenvalue weighted by Crippen LogP contribution is -2.17. The minimum absolute atomic E-state index is 0.595. The van der Waals surface area contributed by atoms with Gasteiger partial charge in [0.15, 0.2) is 0 Å². The molecule has 4 heteroatoms. The lowest BCUT2D eigenvalue weighted by atomic mass is 10.2. The lowest BCUT2D eigenvalue weighted by Gasteiger charge is -2.17. The number of hydrogen-bond donors (Lipinski definition) is 0. The van der Waals surface area contributed by atoms with Crippen molar-refractivity contribution < 1.29 is 0 Å². The second-order valence-corrected chi connectivity index (χ2v) is 5.09. The van der Waals surface area contributed by atoms with E-state index in [9.17, 15) is 0 Å². The van der Waals surface area contributed by atoms with E-state index in [-0.39, 0.29) is 0 Å². The Balaban J connectivity index is 1.99. The molecular formula is C14H14Cl2N2. The quantitative estimate of drug-likeness (QED) is 0.841. The molecule has 2 nitrogen and oxygen atoms in total. The molecule has 1 aromatic carbocycles. The molecule has 1 heterocycles. The van der Waals surface area contributed by atoms with Gasteiger partial charge in [-0.1, -0.05) is 29.3 Å². The fourth-order valence-corrected chi connectivity index (χ4v) is 2.13. The Kier molecular flexibility index (Phi) is 4.59. The molecule has 0 atom stereocenters. The molecule has 0 fully saturated rings. The van der Waals surface area contributed by atoms with Crippen molar-refractivity contribution in [2.75, 3.05) is 7.05 Å². The van der Waals surface area contributed by atoms with Crippen molar-refractivity contribution in [3.05, 3.63) is 63.9 Å². The summed E-state index contributed by atoms with van der Waals surface area (Å²) in [4.78, 5) is 6.22. The highest BCUT2D eigenvalue weighted by atomic mass is 35.5. The number of halogens is 2. The van der Waals surface area contributed by atoms with Crippen molar-refractivity contribution in [1.82, 2.24) is 9.88 Å². The zero-order chi connectivity index (χ0) is 13.0. The normalized spacial score (nSPS) is 10.9. The molecule has 2 aromatic rings. The zero-order valence-electron chi connectivity index (χ0n) is 10.1. The van der Waals surface area contributed by atoms with Gasteiger partial charge in [-0.05, 0) is 42.4 Å². The molecule has 0 aliphatic rings. The summed E-state index contributed by atoms with van der Waals surface area (Å²) in [6.07, 6.45) is 3.62. The van der Waals surface area contributed by atoms with Gasteiger partial charge in [-0.15, -0.1) is 0 Å². The summed E-state index contributed by atoms with van der Waals surface area (Å²) in [5, 5.41) is 1.20. The second-order valence-electron chi connectivity index (χ2n) is 4.28. The van der Waals surface area contributed by atoms with Gasteiger partial charge in [0.2, 0.25) is 0 Å². The Labute approximate surface area is 117 Å². The van der Waals surface area contributed by atoms with E-state index in [0.29, 0.717) is 10.0 Å². The van der Waals surface area contributed by atoms with Crippen molar-refractivity contribution in [2.24, 2.45) is 0 Å². The maximum absolute atomic E-state index is 6.00. The molecule has 0 N–H and O–H groups in total. The Bertz CT molecular complexity index is 514. The van der Waals surface area contributed by atoms with Crippen LogP contribution in [-0.4, -0.2) is 16.9 Å². The Morgan fingerprint density at radius 1 is 0.944 bits per heavy atom. The van der Waals surface area contributed by atoms with E-state index >= 15 is 0 Å². The molecule has 18 heavy (non-hydrogen) atoms. The third-order valence-electron chi connectivity index (χ3n) is 2.64. The van der Waals surface area contributed by atoms with E-state index in [2.05, 4.69) is 16.9 Å². The first-order chi connectivity index (χ1) is 8.65. The van der Waals surface area contributed by atoms with E-state index in [4.69, 9.17) is 23.2 Å². The Hall–Kier alpha value is -1.09. The number of rotatable bonds is 4. The van der Waals surface area contributed by atoms with Crippen LogP contribution in [0.15, 0.2) is 42.7 Å². The molecule has 1 aromatic heterocycles. The summed E-state index contributed by atoms with van der Waals surface area (Å²) in [7, 11) is 2.07. The lowest BCUT2D eigenvalue weighted by molar-refractivity contribution is 0.319. The van der Waals surface area contributed by atoms with Crippen molar-refractivity contribution in [3.63, 3.8) is 0 Å². The van der Waals surface area contributed by atoms with E-state index in [1.165, 1.54) is 5.56 Å². The summed E-state index contributed by atoms with van der Waals surface area (Å²) in [6, 6.07) is 9.78. The second kappa shape index (κ2) is 6.19. The van der Waals surface area contributed by atoms with E-state index < -0.39 is 0 Å². The summed E-state index contributed by atoms with van der Waals surface area (Å²) in [5.41, 5.74) is 2.40. The van der Waals surface area contributed by atoms with Gasteiger partial charge < -0.3 is 0 Å². The van der Waals surface area contributed by atoms with Crippen LogP contribution in [0.3, 0.4) is 0 Å². The molecular weight excluding hydrogens is 267 g/mol. The first-order valence-corrected chi connectivity index (χ1v) is 6.42. The van der Waals surface area contributed by atoms with E-state index in [1.807, 2.05) is 42.7 Å². The summed E-state index contributed by atoms with van der Waals surface area (Å²) < 4.78 is 0. The summed E-state index contributed by atoms with van der Waals surface area (Å²) in [6.45, 7) is 1.71.